The third kappa shape index (κ3) is 8.11. The van der Waals surface area contributed by atoms with E-state index in [1.165, 1.54) is 7.11 Å². The van der Waals surface area contributed by atoms with E-state index in [0.29, 0.717) is 12.8 Å². The molecule has 4 rings (SSSR count). The van der Waals surface area contributed by atoms with Crippen molar-refractivity contribution in [1.29, 1.82) is 0 Å². The molecule has 4 N–H and O–H groups in total. The number of piperidine rings is 1. The van der Waals surface area contributed by atoms with Gasteiger partial charge in [0, 0.05) is 50.0 Å². The van der Waals surface area contributed by atoms with E-state index in [9.17, 15) is 14.4 Å². The van der Waals surface area contributed by atoms with E-state index in [2.05, 4.69) is 56.3 Å². The number of guanidine groups is 1. The molecule has 214 valence electrons. The van der Waals surface area contributed by atoms with Crippen LogP contribution < -0.4 is 26.2 Å². The zero-order valence-corrected chi connectivity index (χ0v) is 23.1. The summed E-state index contributed by atoms with van der Waals surface area (Å²) in [6.45, 7) is 5.22. The van der Waals surface area contributed by atoms with E-state index >= 15 is 0 Å². The van der Waals surface area contributed by atoms with Gasteiger partial charge in [0.2, 0.25) is 5.91 Å². The number of amides is 2. The van der Waals surface area contributed by atoms with Crippen molar-refractivity contribution in [3.63, 3.8) is 0 Å². The molecule has 11 nitrogen and oxygen atoms in total. The Balaban J connectivity index is 1.25. The smallest absolute Gasteiger partial charge is 0.408 e. The maximum absolute atomic E-state index is 12.9. The number of nitrogens with one attached hydrogen (secondary N) is 4. The lowest BCUT2D eigenvalue weighted by molar-refractivity contribution is -0.143. The third-order valence-corrected chi connectivity index (χ3v) is 7.07. The summed E-state index contributed by atoms with van der Waals surface area (Å²) in [5.41, 5.74) is 4.05. The predicted octanol–water partition coefficient (Wildman–Crippen LogP) is 2.56. The Labute approximate surface area is 234 Å². The van der Waals surface area contributed by atoms with Gasteiger partial charge in [-0.25, -0.2) is 9.59 Å². The summed E-state index contributed by atoms with van der Waals surface area (Å²) < 4.78 is 10.00. The van der Waals surface area contributed by atoms with Crippen molar-refractivity contribution in [2.75, 3.05) is 50.1 Å². The van der Waals surface area contributed by atoms with Gasteiger partial charge < -0.3 is 35.6 Å². The lowest BCUT2D eigenvalue weighted by Crippen LogP contribution is -2.50. The Kier molecular flexibility index (Phi) is 10.2. The van der Waals surface area contributed by atoms with E-state index < -0.39 is 18.1 Å². The molecular weight excluding hydrogens is 512 g/mol. The second kappa shape index (κ2) is 14.2. The van der Waals surface area contributed by atoms with E-state index in [-0.39, 0.29) is 25.0 Å². The minimum absolute atomic E-state index is 0.0652. The highest BCUT2D eigenvalue weighted by Crippen LogP contribution is 2.28. The summed E-state index contributed by atoms with van der Waals surface area (Å²) in [4.78, 5) is 44.2. The summed E-state index contributed by atoms with van der Waals surface area (Å²) in [6, 6.07) is 14.5. The van der Waals surface area contributed by atoms with Gasteiger partial charge in [-0.05, 0) is 49.4 Å². The lowest BCUT2D eigenvalue weighted by Gasteiger charge is -2.33. The Morgan fingerprint density at radius 1 is 1.12 bits per heavy atom. The number of aryl methyl sites for hydroxylation is 1. The first kappa shape index (κ1) is 28.7. The van der Waals surface area contributed by atoms with Crippen LogP contribution in [0.1, 0.15) is 30.4 Å². The molecule has 2 aliphatic rings. The fraction of sp³-hybridized carbons (Fsp3) is 0.448. The number of ether oxygens (including phenoxy) is 2. The molecule has 0 aromatic heterocycles. The predicted molar refractivity (Wildman–Crippen MR) is 153 cm³/mol. The molecular formula is C29H38N6O5. The number of hydrogen-bond donors (Lipinski definition) is 4. The van der Waals surface area contributed by atoms with Gasteiger partial charge in [-0.3, -0.25) is 9.79 Å². The van der Waals surface area contributed by atoms with Gasteiger partial charge in [0.1, 0.15) is 12.6 Å². The number of alkyl carbamates (subject to hydrolysis) is 1. The second-order valence-electron chi connectivity index (χ2n) is 9.92. The minimum Gasteiger partial charge on any atom is -0.467 e. The molecule has 1 fully saturated rings. The number of rotatable bonds is 9. The van der Waals surface area contributed by atoms with Crippen LogP contribution in [0.15, 0.2) is 53.5 Å². The standard InChI is InChI=1S/C29H38N6O5/c1-20-9-10-23(17-24(20)33-28-30-13-6-14-31-28)35-15-11-22(12-16-35)26(36)32-18-25(27(37)39-2)34-29(38)40-19-21-7-4-3-5-8-21/h3-5,7-10,17,22,25H,6,11-16,18-19H2,1-2H3,(H,32,36)(H,34,38)(H2,30,31,33)/t25-/m0/s1. The molecule has 1 saturated heterocycles. The van der Waals surface area contributed by atoms with Crippen LogP contribution in [0.4, 0.5) is 16.2 Å². The average molecular weight is 551 g/mol. The van der Waals surface area contributed by atoms with Crippen LogP contribution in [0.25, 0.3) is 0 Å². The van der Waals surface area contributed by atoms with Crippen molar-refractivity contribution in [2.24, 2.45) is 10.9 Å². The van der Waals surface area contributed by atoms with Crippen molar-refractivity contribution in [2.45, 2.75) is 38.8 Å². The topological polar surface area (TPSA) is 133 Å². The highest BCUT2D eigenvalue weighted by molar-refractivity contribution is 5.95. The average Bonchev–Trinajstić information content (AvgIpc) is 3.00. The van der Waals surface area contributed by atoms with Gasteiger partial charge in [0.25, 0.3) is 0 Å². The van der Waals surface area contributed by atoms with Gasteiger partial charge in [-0.1, -0.05) is 36.4 Å². The van der Waals surface area contributed by atoms with Crippen molar-refractivity contribution in [3.05, 3.63) is 59.7 Å². The SMILES string of the molecule is COC(=O)[C@H](CNC(=O)C1CCN(c2ccc(C)c(NC3=NCCCN3)c2)CC1)NC(=O)OCc1ccccc1. The van der Waals surface area contributed by atoms with Gasteiger partial charge in [-0.2, -0.15) is 0 Å². The number of anilines is 2. The quantitative estimate of drug-likeness (QED) is 0.350. The van der Waals surface area contributed by atoms with Crippen molar-refractivity contribution >= 4 is 35.3 Å². The molecule has 0 aliphatic carbocycles. The van der Waals surface area contributed by atoms with Crippen LogP contribution in [0.5, 0.6) is 0 Å². The van der Waals surface area contributed by atoms with Crippen LogP contribution in [-0.2, 0) is 25.7 Å². The Bertz CT molecular complexity index is 1200. The van der Waals surface area contributed by atoms with E-state index in [4.69, 9.17) is 9.47 Å². The third-order valence-electron chi connectivity index (χ3n) is 7.07. The zero-order valence-electron chi connectivity index (χ0n) is 23.1. The molecule has 0 spiro atoms. The van der Waals surface area contributed by atoms with Crippen molar-refractivity contribution < 1.29 is 23.9 Å². The van der Waals surface area contributed by atoms with E-state index in [0.717, 1.165) is 61.1 Å². The molecule has 0 unspecified atom stereocenters. The molecule has 0 bridgehead atoms. The number of hydrogen-bond acceptors (Lipinski definition) is 9. The normalized spacial score (nSPS) is 16.1. The maximum atomic E-state index is 12.9. The lowest BCUT2D eigenvalue weighted by atomic mass is 9.95. The van der Waals surface area contributed by atoms with Gasteiger partial charge in [-0.15, -0.1) is 0 Å². The molecule has 2 aliphatic heterocycles. The first-order chi connectivity index (χ1) is 19.4. The summed E-state index contributed by atoms with van der Waals surface area (Å²) >= 11 is 0. The first-order valence-corrected chi connectivity index (χ1v) is 13.7. The van der Waals surface area contributed by atoms with Crippen LogP contribution in [-0.4, -0.2) is 69.8 Å². The van der Waals surface area contributed by atoms with E-state index in [1.54, 1.807) is 0 Å². The maximum Gasteiger partial charge on any atom is 0.408 e. The molecule has 1 atom stereocenters. The minimum atomic E-state index is -1.06. The van der Waals surface area contributed by atoms with Gasteiger partial charge >= 0.3 is 12.1 Å². The molecule has 2 heterocycles. The highest BCUT2D eigenvalue weighted by Gasteiger charge is 2.28. The molecule has 2 aromatic carbocycles. The van der Waals surface area contributed by atoms with Crippen LogP contribution in [0.3, 0.4) is 0 Å². The van der Waals surface area contributed by atoms with Crippen molar-refractivity contribution in [3.8, 4) is 0 Å². The van der Waals surface area contributed by atoms with Gasteiger partial charge in [0.05, 0.1) is 7.11 Å². The molecule has 2 amide bonds. The van der Waals surface area contributed by atoms with Crippen LogP contribution in [0.2, 0.25) is 0 Å². The summed E-state index contributed by atoms with van der Waals surface area (Å²) in [5, 5.41) is 12.0. The van der Waals surface area contributed by atoms with Crippen LogP contribution in [0, 0.1) is 12.8 Å². The number of methoxy groups -OCH3 is 1. The number of nitrogens with zero attached hydrogens (tertiary/aromatic N) is 2. The van der Waals surface area contributed by atoms with E-state index in [1.807, 2.05) is 30.3 Å². The number of esters is 1. The Morgan fingerprint density at radius 3 is 2.60 bits per heavy atom. The molecule has 2 aromatic rings. The Hall–Kier alpha value is -4.28. The van der Waals surface area contributed by atoms with Crippen molar-refractivity contribution in [1.82, 2.24) is 16.0 Å². The molecule has 0 saturated carbocycles. The number of aliphatic imine (C=N–C) groups is 1. The monoisotopic (exact) mass is 550 g/mol. The van der Waals surface area contributed by atoms with Crippen LogP contribution >= 0.6 is 0 Å². The second-order valence-corrected chi connectivity index (χ2v) is 9.92. The molecule has 11 heteroatoms. The molecule has 0 radical (unpaired) electrons. The van der Waals surface area contributed by atoms with Gasteiger partial charge in [0.15, 0.2) is 5.96 Å². The Morgan fingerprint density at radius 2 is 1.90 bits per heavy atom. The largest absolute Gasteiger partial charge is 0.467 e. The summed E-state index contributed by atoms with van der Waals surface area (Å²) in [7, 11) is 1.23. The summed E-state index contributed by atoms with van der Waals surface area (Å²) in [5.74, 6) is -0.208. The first-order valence-electron chi connectivity index (χ1n) is 13.7. The summed E-state index contributed by atoms with van der Waals surface area (Å²) in [6.07, 6.45) is 1.62. The number of carbonyl (C=O) groups excluding carboxylic acids is 3. The number of carbonyl (C=O) groups is 3. The highest BCUT2D eigenvalue weighted by atomic mass is 16.6. The molecule has 40 heavy (non-hydrogen) atoms. The number of benzene rings is 2. The fourth-order valence-electron chi connectivity index (χ4n) is 4.67. The zero-order chi connectivity index (χ0) is 28.3. The fourth-order valence-corrected chi connectivity index (χ4v) is 4.67.